The van der Waals surface area contributed by atoms with Gasteiger partial charge in [-0.3, -0.25) is 9.36 Å². The first-order valence-electron chi connectivity index (χ1n) is 10.8. The molecule has 0 radical (unpaired) electrons. The summed E-state index contributed by atoms with van der Waals surface area (Å²) in [5, 5.41) is 0.862. The molecule has 1 aliphatic heterocycles. The van der Waals surface area contributed by atoms with Gasteiger partial charge in [-0.1, -0.05) is 58.7 Å². The van der Waals surface area contributed by atoms with Gasteiger partial charge in [-0.2, -0.15) is 0 Å². The summed E-state index contributed by atoms with van der Waals surface area (Å²) in [7, 11) is 0. The number of allylic oxidation sites excluding steroid dienone is 1. The van der Waals surface area contributed by atoms with Gasteiger partial charge >= 0.3 is 5.97 Å². The minimum absolute atomic E-state index is 0.0386. The number of esters is 1. The first-order valence-corrected chi connectivity index (χ1v) is 13.1. The van der Waals surface area contributed by atoms with E-state index in [2.05, 4.69) is 26.8 Å². The number of halogens is 3. The lowest BCUT2D eigenvalue weighted by atomic mass is 9.96. The summed E-state index contributed by atoms with van der Waals surface area (Å²) in [4.78, 5) is 31.8. The molecule has 6 nitrogen and oxygen atoms in total. The zero-order valence-electron chi connectivity index (χ0n) is 19.2. The molecule has 0 saturated carbocycles. The molecule has 0 N–H and O–H groups in total. The van der Waals surface area contributed by atoms with Gasteiger partial charge in [0.2, 0.25) is 0 Å². The second-order valence-electron chi connectivity index (χ2n) is 7.62. The molecule has 0 aliphatic carbocycles. The molecule has 1 atom stereocenters. The number of terminal acetylenes is 1. The van der Waals surface area contributed by atoms with Gasteiger partial charge in [0.05, 0.1) is 26.9 Å². The van der Waals surface area contributed by atoms with E-state index in [9.17, 15) is 9.59 Å². The molecule has 0 unspecified atom stereocenters. The largest absolute Gasteiger partial charge is 0.479 e. The molecule has 2 heterocycles. The van der Waals surface area contributed by atoms with E-state index >= 15 is 0 Å². The molecule has 0 bridgehead atoms. The number of hydrogen-bond acceptors (Lipinski definition) is 6. The van der Waals surface area contributed by atoms with Gasteiger partial charge in [0, 0.05) is 15.6 Å². The molecule has 1 aliphatic rings. The van der Waals surface area contributed by atoms with Crippen LogP contribution in [0, 0.1) is 12.3 Å². The fraction of sp³-hybridized carbons (Fsp3) is 0.192. The highest BCUT2D eigenvalue weighted by Gasteiger charge is 2.34. The Morgan fingerprint density at radius 2 is 2.08 bits per heavy atom. The number of aromatic nitrogens is 1. The molecule has 36 heavy (non-hydrogen) atoms. The second-order valence-corrected chi connectivity index (χ2v) is 10.3. The third-order valence-corrected chi connectivity index (χ3v) is 7.47. The number of benzene rings is 2. The van der Waals surface area contributed by atoms with Crippen LogP contribution in [0.5, 0.6) is 5.75 Å². The minimum Gasteiger partial charge on any atom is -0.479 e. The van der Waals surface area contributed by atoms with Crippen molar-refractivity contribution < 1.29 is 14.3 Å². The SMILES string of the molecule is C#CCOc1c(Br)cc(Cl)cc1/C=c1\sc2n(c1=O)[C@H](c1ccccc1Cl)C(C(=O)OCC)=C(C)N=2. The van der Waals surface area contributed by atoms with Crippen LogP contribution in [0.4, 0.5) is 0 Å². The van der Waals surface area contributed by atoms with Crippen molar-refractivity contribution in [1.82, 2.24) is 4.57 Å². The van der Waals surface area contributed by atoms with E-state index in [-0.39, 0.29) is 24.3 Å². The Hall–Kier alpha value is -2.83. The predicted molar refractivity (Wildman–Crippen MR) is 145 cm³/mol. The van der Waals surface area contributed by atoms with Crippen molar-refractivity contribution in [2.45, 2.75) is 19.9 Å². The van der Waals surface area contributed by atoms with E-state index < -0.39 is 12.0 Å². The van der Waals surface area contributed by atoms with E-state index in [0.29, 0.717) is 46.4 Å². The number of nitrogens with zero attached hydrogens (tertiary/aromatic N) is 2. The van der Waals surface area contributed by atoms with Crippen molar-refractivity contribution in [2.24, 2.45) is 4.99 Å². The molecule has 0 amide bonds. The number of carbonyl (C=O) groups excluding carboxylic acids is 1. The first-order chi connectivity index (χ1) is 17.3. The maximum absolute atomic E-state index is 13.8. The molecule has 0 spiro atoms. The van der Waals surface area contributed by atoms with Crippen LogP contribution >= 0.6 is 50.5 Å². The molecule has 0 fully saturated rings. The van der Waals surface area contributed by atoms with E-state index in [1.807, 2.05) is 0 Å². The summed E-state index contributed by atoms with van der Waals surface area (Å²) in [5.74, 6) is 2.33. The van der Waals surface area contributed by atoms with E-state index in [0.717, 1.165) is 0 Å². The first kappa shape index (κ1) is 26.2. The maximum Gasteiger partial charge on any atom is 0.338 e. The summed E-state index contributed by atoms with van der Waals surface area (Å²) in [6.07, 6.45) is 7.03. The van der Waals surface area contributed by atoms with Crippen LogP contribution in [-0.2, 0) is 9.53 Å². The van der Waals surface area contributed by atoms with E-state index in [1.54, 1.807) is 56.3 Å². The van der Waals surface area contributed by atoms with Crippen LogP contribution in [0.25, 0.3) is 6.08 Å². The van der Waals surface area contributed by atoms with Crippen LogP contribution in [0.3, 0.4) is 0 Å². The van der Waals surface area contributed by atoms with Crippen LogP contribution in [0.2, 0.25) is 10.0 Å². The standard InChI is InChI=1S/C26H19BrCl2N2O4S/c1-4-10-35-23-15(11-16(28)13-18(23)27)12-20-24(32)31-22(17-8-6-7-9-19(17)29)21(25(33)34-5-2)14(3)30-26(31)36-20/h1,6-9,11-13,22H,5,10H2,2-3H3/b20-12-/t22-/m1/s1. The van der Waals surface area contributed by atoms with Crippen molar-refractivity contribution in [3.8, 4) is 18.1 Å². The topological polar surface area (TPSA) is 69.9 Å². The van der Waals surface area contributed by atoms with Gasteiger partial charge in [0.25, 0.3) is 5.56 Å². The number of rotatable bonds is 6. The fourth-order valence-corrected chi connectivity index (χ4v) is 6.10. The normalized spacial score (nSPS) is 15.2. The molecule has 1 aromatic heterocycles. The van der Waals surface area contributed by atoms with Gasteiger partial charge < -0.3 is 9.47 Å². The number of carbonyl (C=O) groups is 1. The summed E-state index contributed by atoms with van der Waals surface area (Å²) >= 11 is 17.4. The zero-order valence-corrected chi connectivity index (χ0v) is 23.1. The van der Waals surface area contributed by atoms with Gasteiger partial charge in [0.1, 0.15) is 18.4 Å². The van der Waals surface area contributed by atoms with Crippen molar-refractivity contribution >= 4 is 62.5 Å². The van der Waals surface area contributed by atoms with Gasteiger partial charge in [-0.05, 0) is 59.6 Å². The molecular weight excluding hydrogens is 587 g/mol. The number of ether oxygens (including phenoxy) is 2. The summed E-state index contributed by atoms with van der Waals surface area (Å²) in [5.41, 5.74) is 1.51. The Bertz CT molecular complexity index is 1620. The second kappa shape index (κ2) is 11.1. The predicted octanol–water partition coefficient (Wildman–Crippen LogP) is 4.88. The third kappa shape index (κ3) is 5.02. The Morgan fingerprint density at radius 1 is 1.33 bits per heavy atom. The Balaban J connectivity index is 1.99. The average Bonchev–Trinajstić information content (AvgIpc) is 3.12. The molecule has 3 aromatic rings. The quantitative estimate of drug-likeness (QED) is 0.297. The van der Waals surface area contributed by atoms with Crippen LogP contribution in [0.15, 0.2) is 61.9 Å². The lowest BCUT2D eigenvalue weighted by molar-refractivity contribution is -0.139. The van der Waals surface area contributed by atoms with Gasteiger partial charge in [-0.15, -0.1) is 6.42 Å². The van der Waals surface area contributed by atoms with Crippen molar-refractivity contribution in [1.29, 1.82) is 0 Å². The Morgan fingerprint density at radius 3 is 2.78 bits per heavy atom. The zero-order chi connectivity index (χ0) is 26.0. The monoisotopic (exact) mass is 604 g/mol. The molecule has 4 rings (SSSR count). The highest BCUT2D eigenvalue weighted by Crippen LogP contribution is 2.35. The molecule has 0 saturated heterocycles. The maximum atomic E-state index is 13.8. The Labute approximate surface area is 229 Å². The Kier molecular flexibility index (Phi) is 8.06. The van der Waals surface area contributed by atoms with Crippen molar-refractivity contribution in [2.75, 3.05) is 13.2 Å². The van der Waals surface area contributed by atoms with Crippen LogP contribution in [0.1, 0.15) is 31.0 Å². The number of thiazole rings is 1. The number of fused-ring (bicyclic) bond motifs is 1. The lowest BCUT2D eigenvalue weighted by Crippen LogP contribution is -2.40. The number of hydrogen-bond donors (Lipinski definition) is 0. The van der Waals surface area contributed by atoms with Crippen molar-refractivity contribution in [3.05, 3.63) is 93.0 Å². The highest BCUT2D eigenvalue weighted by atomic mass is 79.9. The van der Waals surface area contributed by atoms with Crippen molar-refractivity contribution in [3.63, 3.8) is 0 Å². The molecular formula is C26H19BrCl2N2O4S. The summed E-state index contributed by atoms with van der Waals surface area (Å²) in [6.45, 7) is 3.65. The highest BCUT2D eigenvalue weighted by molar-refractivity contribution is 9.10. The molecule has 2 aromatic carbocycles. The minimum atomic E-state index is -0.806. The molecule has 10 heteroatoms. The van der Waals surface area contributed by atoms with Gasteiger partial charge in [0.15, 0.2) is 4.80 Å². The third-order valence-electron chi connectivity index (χ3n) is 5.34. The summed E-state index contributed by atoms with van der Waals surface area (Å²) in [6, 6.07) is 9.62. The van der Waals surface area contributed by atoms with E-state index in [1.165, 1.54) is 15.9 Å². The van der Waals surface area contributed by atoms with E-state index in [4.69, 9.17) is 39.1 Å². The summed E-state index contributed by atoms with van der Waals surface area (Å²) < 4.78 is 13.4. The fourth-order valence-electron chi connectivity index (χ4n) is 3.88. The molecule has 184 valence electrons. The smallest absolute Gasteiger partial charge is 0.338 e. The lowest BCUT2D eigenvalue weighted by Gasteiger charge is -2.25. The average molecular weight is 606 g/mol. The van der Waals surface area contributed by atoms with Crippen LogP contribution < -0.4 is 19.6 Å². The van der Waals surface area contributed by atoms with Crippen LogP contribution in [-0.4, -0.2) is 23.8 Å². The van der Waals surface area contributed by atoms with Gasteiger partial charge in [-0.25, -0.2) is 9.79 Å².